The summed E-state index contributed by atoms with van der Waals surface area (Å²) in [5.74, 6) is 1.42. The molecule has 1 aliphatic heterocycles. The van der Waals surface area contributed by atoms with Crippen LogP contribution in [0.15, 0.2) is 30.3 Å². The van der Waals surface area contributed by atoms with Crippen LogP contribution in [0, 0.1) is 0 Å². The maximum absolute atomic E-state index is 6.11. The van der Waals surface area contributed by atoms with Crippen molar-refractivity contribution in [2.75, 3.05) is 6.61 Å². The first-order chi connectivity index (χ1) is 9.63. The van der Waals surface area contributed by atoms with Crippen molar-refractivity contribution in [3.05, 3.63) is 56.5 Å². The zero-order valence-corrected chi connectivity index (χ0v) is 12.7. The third-order valence-corrected chi connectivity index (χ3v) is 3.87. The molecule has 1 aliphatic rings. The van der Waals surface area contributed by atoms with Gasteiger partial charge >= 0.3 is 0 Å². The topological polar surface area (TPSA) is 18.5 Å². The highest BCUT2D eigenvalue weighted by Crippen LogP contribution is 2.34. The number of hydrogen-bond donors (Lipinski definition) is 0. The predicted octanol–water partition coefficient (Wildman–Crippen LogP) is 5.16. The van der Waals surface area contributed by atoms with Crippen LogP contribution in [0.1, 0.15) is 11.1 Å². The maximum Gasteiger partial charge on any atom is 0.139 e. The van der Waals surface area contributed by atoms with Gasteiger partial charge in [0.05, 0.1) is 11.6 Å². The van der Waals surface area contributed by atoms with E-state index in [-0.39, 0.29) is 0 Å². The van der Waals surface area contributed by atoms with Gasteiger partial charge in [-0.25, -0.2) is 0 Å². The summed E-state index contributed by atoms with van der Waals surface area (Å²) in [5.41, 5.74) is 2.04. The van der Waals surface area contributed by atoms with Crippen LogP contribution in [0.4, 0.5) is 0 Å². The smallest absolute Gasteiger partial charge is 0.139 e. The summed E-state index contributed by atoms with van der Waals surface area (Å²) in [5, 5.41) is 1.79. The lowest BCUT2D eigenvalue weighted by Crippen LogP contribution is -1.99. The molecular formula is C15H11Cl3O2. The van der Waals surface area contributed by atoms with Crippen LogP contribution in [0.3, 0.4) is 0 Å². The van der Waals surface area contributed by atoms with Gasteiger partial charge in [-0.3, -0.25) is 0 Å². The van der Waals surface area contributed by atoms with Gasteiger partial charge in [0, 0.05) is 28.1 Å². The van der Waals surface area contributed by atoms with E-state index in [1.54, 1.807) is 18.2 Å². The number of halogens is 3. The summed E-state index contributed by atoms with van der Waals surface area (Å²) >= 11 is 18.1. The van der Waals surface area contributed by atoms with Crippen LogP contribution in [0.2, 0.25) is 15.1 Å². The molecule has 0 atom stereocenters. The molecule has 0 unspecified atom stereocenters. The van der Waals surface area contributed by atoms with Gasteiger partial charge in [0.25, 0.3) is 0 Å². The maximum atomic E-state index is 6.11. The van der Waals surface area contributed by atoms with Crippen LogP contribution in [-0.4, -0.2) is 6.61 Å². The number of rotatable bonds is 3. The lowest BCUT2D eigenvalue weighted by Gasteiger charge is -2.12. The minimum Gasteiger partial charge on any atom is -0.493 e. The van der Waals surface area contributed by atoms with Crippen molar-refractivity contribution in [3.63, 3.8) is 0 Å². The van der Waals surface area contributed by atoms with E-state index in [2.05, 4.69) is 0 Å². The Morgan fingerprint density at radius 1 is 1.05 bits per heavy atom. The van der Waals surface area contributed by atoms with Gasteiger partial charge in [0.1, 0.15) is 18.1 Å². The number of fused-ring (bicyclic) bond motifs is 1. The molecule has 1 heterocycles. The molecule has 2 nitrogen and oxygen atoms in total. The molecule has 2 aromatic carbocycles. The molecule has 0 spiro atoms. The lowest BCUT2D eigenvalue weighted by molar-refractivity contribution is 0.292. The Bertz CT molecular complexity index is 656. The highest BCUT2D eigenvalue weighted by Gasteiger charge is 2.18. The Labute approximate surface area is 132 Å². The summed E-state index contributed by atoms with van der Waals surface area (Å²) in [4.78, 5) is 0. The molecule has 0 aliphatic carbocycles. The van der Waals surface area contributed by atoms with Crippen molar-refractivity contribution in [3.8, 4) is 11.5 Å². The van der Waals surface area contributed by atoms with Crippen LogP contribution >= 0.6 is 34.8 Å². The van der Waals surface area contributed by atoms with Crippen LogP contribution < -0.4 is 9.47 Å². The number of hydrogen-bond acceptors (Lipinski definition) is 2. The minimum atomic E-state index is 0.336. The van der Waals surface area contributed by atoms with E-state index in [1.165, 1.54) is 0 Å². The normalized spacial score (nSPS) is 12.9. The Hall–Kier alpha value is -1.09. The Kier molecular flexibility index (Phi) is 3.97. The van der Waals surface area contributed by atoms with Crippen molar-refractivity contribution < 1.29 is 9.47 Å². The molecule has 0 N–H and O–H groups in total. The highest BCUT2D eigenvalue weighted by molar-refractivity contribution is 6.34. The molecule has 0 saturated carbocycles. The van der Waals surface area contributed by atoms with E-state index < -0.39 is 0 Å². The summed E-state index contributed by atoms with van der Waals surface area (Å²) in [6.45, 7) is 1.02. The monoisotopic (exact) mass is 328 g/mol. The van der Waals surface area contributed by atoms with Crippen LogP contribution in [0.25, 0.3) is 0 Å². The van der Waals surface area contributed by atoms with Crippen molar-refractivity contribution in [2.45, 2.75) is 13.0 Å². The SMILES string of the molecule is Clc1cc2c(c(COc3cc(Cl)ccc3Cl)c1)OCC2. The molecule has 20 heavy (non-hydrogen) atoms. The molecule has 104 valence electrons. The zero-order valence-electron chi connectivity index (χ0n) is 10.5. The van der Waals surface area contributed by atoms with Crippen molar-refractivity contribution >= 4 is 34.8 Å². The summed E-state index contributed by atoms with van der Waals surface area (Å²) < 4.78 is 11.4. The van der Waals surface area contributed by atoms with E-state index >= 15 is 0 Å². The highest BCUT2D eigenvalue weighted by atomic mass is 35.5. The van der Waals surface area contributed by atoms with Gasteiger partial charge in [-0.15, -0.1) is 0 Å². The van der Waals surface area contributed by atoms with Gasteiger partial charge < -0.3 is 9.47 Å². The summed E-state index contributed by atoms with van der Waals surface area (Å²) in [7, 11) is 0. The molecule has 0 radical (unpaired) electrons. The first-order valence-corrected chi connectivity index (χ1v) is 7.29. The summed E-state index contributed by atoms with van der Waals surface area (Å²) in [6, 6.07) is 8.90. The third-order valence-electron chi connectivity index (χ3n) is 3.10. The fraction of sp³-hybridized carbons (Fsp3) is 0.200. The van der Waals surface area contributed by atoms with E-state index in [0.29, 0.717) is 34.0 Å². The average Bonchev–Trinajstić information content (AvgIpc) is 2.87. The molecule has 0 bridgehead atoms. The Balaban J connectivity index is 1.84. The van der Waals surface area contributed by atoms with E-state index in [1.807, 2.05) is 12.1 Å². The largest absolute Gasteiger partial charge is 0.493 e. The third kappa shape index (κ3) is 2.83. The van der Waals surface area contributed by atoms with Gasteiger partial charge in [-0.05, 0) is 29.8 Å². The first-order valence-electron chi connectivity index (χ1n) is 6.15. The van der Waals surface area contributed by atoms with Gasteiger partial charge in [-0.2, -0.15) is 0 Å². The standard InChI is InChI=1S/C15H11Cl3O2/c16-11-1-2-13(18)14(7-11)20-8-10-6-12(17)5-9-3-4-19-15(9)10/h1-2,5-7H,3-4,8H2. The minimum absolute atomic E-state index is 0.336. The van der Waals surface area contributed by atoms with Gasteiger partial charge in [-0.1, -0.05) is 34.8 Å². The van der Waals surface area contributed by atoms with Gasteiger partial charge in [0.2, 0.25) is 0 Å². The first kappa shape index (κ1) is 13.9. The second-order valence-corrected chi connectivity index (χ2v) is 5.80. The Morgan fingerprint density at radius 2 is 1.90 bits per heavy atom. The number of benzene rings is 2. The second-order valence-electron chi connectivity index (χ2n) is 4.52. The van der Waals surface area contributed by atoms with Crippen molar-refractivity contribution in [1.82, 2.24) is 0 Å². The zero-order chi connectivity index (χ0) is 14.1. The second kappa shape index (κ2) is 5.72. The molecule has 0 fully saturated rings. The molecule has 0 aromatic heterocycles. The van der Waals surface area contributed by atoms with Crippen LogP contribution in [-0.2, 0) is 13.0 Å². The average molecular weight is 330 g/mol. The fourth-order valence-electron chi connectivity index (χ4n) is 2.20. The van der Waals surface area contributed by atoms with E-state index in [0.717, 1.165) is 23.3 Å². The summed E-state index contributed by atoms with van der Waals surface area (Å²) in [6.07, 6.45) is 0.876. The van der Waals surface area contributed by atoms with Crippen molar-refractivity contribution in [2.24, 2.45) is 0 Å². The quantitative estimate of drug-likeness (QED) is 0.774. The Morgan fingerprint density at radius 3 is 2.75 bits per heavy atom. The molecule has 3 rings (SSSR count). The van der Waals surface area contributed by atoms with Gasteiger partial charge in [0.15, 0.2) is 0 Å². The van der Waals surface area contributed by atoms with Crippen LogP contribution in [0.5, 0.6) is 11.5 Å². The predicted molar refractivity (Wildman–Crippen MR) is 81.4 cm³/mol. The van der Waals surface area contributed by atoms with Crippen molar-refractivity contribution in [1.29, 1.82) is 0 Å². The molecule has 0 amide bonds. The number of ether oxygens (including phenoxy) is 2. The molecular weight excluding hydrogens is 319 g/mol. The molecule has 2 aromatic rings. The molecule has 5 heteroatoms. The lowest BCUT2D eigenvalue weighted by atomic mass is 10.1. The molecule has 0 saturated heterocycles. The van der Waals surface area contributed by atoms with E-state index in [9.17, 15) is 0 Å². The van der Waals surface area contributed by atoms with E-state index in [4.69, 9.17) is 44.3 Å². The fourth-order valence-corrected chi connectivity index (χ4v) is 2.79.